The van der Waals surface area contributed by atoms with Crippen LogP contribution in [0.4, 0.5) is 0 Å². The van der Waals surface area contributed by atoms with Gasteiger partial charge in [-0.3, -0.25) is 9.69 Å². The van der Waals surface area contributed by atoms with Crippen molar-refractivity contribution in [1.29, 1.82) is 0 Å². The second-order valence-corrected chi connectivity index (χ2v) is 5.94. The first-order valence-corrected chi connectivity index (χ1v) is 6.49. The van der Waals surface area contributed by atoms with Crippen molar-refractivity contribution in [2.75, 3.05) is 6.54 Å². The monoisotopic (exact) mass is 269 g/mol. The van der Waals surface area contributed by atoms with E-state index in [0.717, 1.165) is 0 Å². The maximum absolute atomic E-state index is 10.7. The number of carboxylic acid groups (broad SMARTS) is 1. The Morgan fingerprint density at radius 1 is 1.42 bits per heavy atom. The van der Waals surface area contributed by atoms with E-state index in [1.54, 1.807) is 0 Å². The van der Waals surface area contributed by atoms with Gasteiger partial charge in [0.1, 0.15) is 0 Å². The third kappa shape index (κ3) is 4.98. The predicted molar refractivity (Wildman–Crippen MR) is 70.8 cm³/mol. The van der Waals surface area contributed by atoms with E-state index in [-0.39, 0.29) is 17.9 Å². The van der Waals surface area contributed by atoms with E-state index < -0.39 is 5.97 Å². The molecule has 0 aliphatic heterocycles. The molecule has 1 aromatic rings. The van der Waals surface area contributed by atoms with E-state index in [0.29, 0.717) is 24.8 Å². The first-order valence-electron chi connectivity index (χ1n) is 6.49. The van der Waals surface area contributed by atoms with E-state index in [9.17, 15) is 4.79 Å². The number of aromatic nitrogens is 2. The number of hydrogen-bond acceptors (Lipinski definition) is 5. The Morgan fingerprint density at radius 3 is 2.47 bits per heavy atom. The number of carbonyl (C=O) groups is 1. The average Bonchev–Trinajstić information content (AvgIpc) is 2.70. The van der Waals surface area contributed by atoms with Gasteiger partial charge < -0.3 is 9.63 Å². The molecule has 0 bridgehead atoms. The quantitative estimate of drug-likeness (QED) is 0.853. The van der Waals surface area contributed by atoms with Gasteiger partial charge in [-0.25, -0.2) is 0 Å². The summed E-state index contributed by atoms with van der Waals surface area (Å²) in [4.78, 5) is 17.0. The lowest BCUT2D eigenvalue weighted by Crippen LogP contribution is -2.42. The van der Waals surface area contributed by atoms with Gasteiger partial charge in [-0.05, 0) is 20.8 Å². The minimum absolute atomic E-state index is 0.0996. The molecule has 0 saturated carbocycles. The van der Waals surface area contributed by atoms with Crippen molar-refractivity contribution >= 4 is 5.97 Å². The van der Waals surface area contributed by atoms with Crippen LogP contribution in [0.2, 0.25) is 0 Å². The summed E-state index contributed by atoms with van der Waals surface area (Å²) in [6.45, 7) is 11.0. The van der Waals surface area contributed by atoms with Crippen molar-refractivity contribution in [2.24, 2.45) is 0 Å². The topological polar surface area (TPSA) is 79.5 Å². The van der Waals surface area contributed by atoms with Crippen LogP contribution in [0.5, 0.6) is 0 Å². The highest BCUT2D eigenvalue weighted by atomic mass is 16.5. The van der Waals surface area contributed by atoms with Gasteiger partial charge in [0.05, 0.1) is 13.0 Å². The predicted octanol–water partition coefficient (Wildman–Crippen LogP) is 2.27. The van der Waals surface area contributed by atoms with Crippen LogP contribution in [0, 0.1) is 0 Å². The molecule has 19 heavy (non-hydrogen) atoms. The van der Waals surface area contributed by atoms with Crippen molar-refractivity contribution in [1.82, 2.24) is 15.0 Å². The van der Waals surface area contributed by atoms with Crippen molar-refractivity contribution < 1.29 is 14.4 Å². The molecule has 0 atom stereocenters. The number of hydrogen-bond donors (Lipinski definition) is 1. The molecule has 108 valence electrons. The van der Waals surface area contributed by atoms with Crippen LogP contribution in [-0.4, -0.2) is 38.2 Å². The normalized spacial score (nSPS) is 12.4. The Kier molecular flexibility index (Phi) is 5.05. The largest absolute Gasteiger partial charge is 0.481 e. The molecule has 0 spiro atoms. The third-order valence-electron chi connectivity index (χ3n) is 2.87. The molecule has 1 heterocycles. The van der Waals surface area contributed by atoms with E-state index in [4.69, 9.17) is 9.63 Å². The Hall–Kier alpha value is -1.43. The van der Waals surface area contributed by atoms with Crippen LogP contribution in [0.3, 0.4) is 0 Å². The summed E-state index contributed by atoms with van der Waals surface area (Å²) < 4.78 is 5.21. The Morgan fingerprint density at radius 2 is 2.05 bits per heavy atom. The highest BCUT2D eigenvalue weighted by Crippen LogP contribution is 2.18. The standard InChI is InChI=1S/C13H23N3O3/c1-9(2)12-14-10(19-15-12)8-16(13(3,4)5)7-6-11(17)18/h9H,6-8H2,1-5H3,(H,17,18). The summed E-state index contributed by atoms with van der Waals surface area (Å²) in [7, 11) is 0. The average molecular weight is 269 g/mol. The summed E-state index contributed by atoms with van der Waals surface area (Å²) in [5.41, 5.74) is -0.151. The lowest BCUT2D eigenvalue weighted by molar-refractivity contribution is -0.137. The highest BCUT2D eigenvalue weighted by molar-refractivity contribution is 5.66. The molecular weight excluding hydrogens is 246 g/mol. The van der Waals surface area contributed by atoms with Crippen LogP contribution in [0.1, 0.15) is 58.7 Å². The summed E-state index contributed by atoms with van der Waals surface area (Å²) >= 11 is 0. The lowest BCUT2D eigenvalue weighted by atomic mass is 10.1. The number of carboxylic acids is 1. The molecule has 0 fully saturated rings. The zero-order chi connectivity index (χ0) is 14.6. The highest BCUT2D eigenvalue weighted by Gasteiger charge is 2.24. The van der Waals surface area contributed by atoms with Crippen molar-refractivity contribution in [2.45, 2.75) is 59.0 Å². The minimum Gasteiger partial charge on any atom is -0.481 e. The van der Waals surface area contributed by atoms with Gasteiger partial charge in [-0.2, -0.15) is 4.98 Å². The molecule has 1 aromatic heterocycles. The van der Waals surface area contributed by atoms with Gasteiger partial charge >= 0.3 is 5.97 Å². The first kappa shape index (κ1) is 15.6. The molecule has 0 amide bonds. The molecule has 1 N–H and O–H groups in total. The van der Waals surface area contributed by atoms with Gasteiger partial charge in [0.15, 0.2) is 5.82 Å². The number of aliphatic carboxylic acids is 1. The van der Waals surface area contributed by atoms with Gasteiger partial charge in [-0.1, -0.05) is 19.0 Å². The molecule has 1 rings (SSSR count). The molecule has 0 aliphatic carbocycles. The van der Waals surface area contributed by atoms with Gasteiger partial charge in [0.25, 0.3) is 0 Å². The van der Waals surface area contributed by atoms with Crippen LogP contribution in [0.15, 0.2) is 4.52 Å². The molecule has 0 unspecified atom stereocenters. The van der Waals surface area contributed by atoms with Gasteiger partial charge in [0, 0.05) is 18.0 Å². The van der Waals surface area contributed by atoms with Crippen LogP contribution >= 0.6 is 0 Å². The zero-order valence-electron chi connectivity index (χ0n) is 12.3. The second-order valence-electron chi connectivity index (χ2n) is 5.94. The second kappa shape index (κ2) is 6.14. The van der Waals surface area contributed by atoms with Crippen molar-refractivity contribution in [3.8, 4) is 0 Å². The summed E-state index contributed by atoms with van der Waals surface area (Å²) in [6, 6.07) is 0. The Bertz CT molecular complexity index is 421. The Balaban J connectivity index is 2.73. The van der Waals surface area contributed by atoms with Gasteiger partial charge in [-0.15, -0.1) is 0 Å². The van der Waals surface area contributed by atoms with Crippen molar-refractivity contribution in [3.05, 3.63) is 11.7 Å². The van der Waals surface area contributed by atoms with E-state index in [1.807, 2.05) is 39.5 Å². The molecular formula is C13H23N3O3. The number of nitrogens with zero attached hydrogens (tertiary/aromatic N) is 3. The smallest absolute Gasteiger partial charge is 0.304 e. The fraction of sp³-hybridized carbons (Fsp3) is 0.769. The molecule has 0 aromatic carbocycles. The molecule has 6 nitrogen and oxygen atoms in total. The fourth-order valence-electron chi connectivity index (χ4n) is 1.61. The Labute approximate surface area is 113 Å². The van der Waals surface area contributed by atoms with Crippen LogP contribution in [-0.2, 0) is 11.3 Å². The van der Waals surface area contributed by atoms with Gasteiger partial charge in [0.2, 0.25) is 5.89 Å². The summed E-state index contributed by atoms with van der Waals surface area (Å²) in [5.74, 6) is 0.633. The first-order chi connectivity index (χ1) is 8.70. The van der Waals surface area contributed by atoms with Crippen LogP contribution < -0.4 is 0 Å². The molecule has 0 saturated heterocycles. The molecule has 0 radical (unpaired) electrons. The maximum atomic E-state index is 10.7. The number of rotatable bonds is 6. The van der Waals surface area contributed by atoms with E-state index in [2.05, 4.69) is 10.1 Å². The van der Waals surface area contributed by atoms with Crippen molar-refractivity contribution in [3.63, 3.8) is 0 Å². The zero-order valence-corrected chi connectivity index (χ0v) is 12.3. The summed E-state index contributed by atoms with van der Waals surface area (Å²) in [6.07, 6.45) is 0.0996. The molecule has 6 heteroatoms. The fourth-order valence-corrected chi connectivity index (χ4v) is 1.61. The summed E-state index contributed by atoms with van der Waals surface area (Å²) in [5, 5.41) is 12.7. The third-order valence-corrected chi connectivity index (χ3v) is 2.87. The van der Waals surface area contributed by atoms with Crippen LogP contribution in [0.25, 0.3) is 0 Å². The molecule has 0 aliphatic rings. The maximum Gasteiger partial charge on any atom is 0.304 e. The van der Waals surface area contributed by atoms with E-state index in [1.165, 1.54) is 0 Å². The lowest BCUT2D eigenvalue weighted by Gasteiger charge is -2.34. The van der Waals surface area contributed by atoms with E-state index >= 15 is 0 Å². The minimum atomic E-state index is -0.803. The SMILES string of the molecule is CC(C)c1noc(CN(CCC(=O)O)C(C)(C)C)n1.